The van der Waals surface area contributed by atoms with Crippen LogP contribution in [0.25, 0.3) is 0 Å². The van der Waals surface area contributed by atoms with Crippen molar-refractivity contribution in [3.8, 4) is 0 Å². The van der Waals surface area contributed by atoms with E-state index >= 15 is 0 Å². The first kappa shape index (κ1) is 17.1. The zero-order valence-electron chi connectivity index (χ0n) is 13.7. The highest BCUT2D eigenvalue weighted by Gasteiger charge is 2.24. The third-order valence-corrected chi connectivity index (χ3v) is 4.98. The molecule has 0 aliphatic heterocycles. The Bertz CT molecular complexity index is 764. The Morgan fingerprint density at radius 3 is 1.58 bits per heavy atom. The Morgan fingerprint density at radius 2 is 1.21 bits per heavy atom. The Kier molecular flexibility index (Phi) is 5.04. The third-order valence-electron chi connectivity index (χ3n) is 4.35. The predicted octanol–water partition coefficient (Wildman–Crippen LogP) is 2.28. The Balaban J connectivity index is 0.000000149. The van der Waals surface area contributed by atoms with Crippen LogP contribution >= 0.6 is 0 Å². The fourth-order valence-corrected chi connectivity index (χ4v) is 4.00. The van der Waals surface area contributed by atoms with E-state index in [1.165, 1.54) is 22.3 Å². The van der Waals surface area contributed by atoms with Gasteiger partial charge in [-0.3, -0.25) is 4.18 Å². The summed E-state index contributed by atoms with van der Waals surface area (Å²) in [7, 11) is -3.33. The van der Waals surface area contributed by atoms with Gasteiger partial charge in [-0.05, 0) is 35.1 Å². The number of fused-ring (bicyclic) bond motifs is 2. The van der Waals surface area contributed by atoms with Gasteiger partial charge in [0.25, 0.3) is 10.1 Å². The molecule has 1 N–H and O–H groups in total. The van der Waals surface area contributed by atoms with Crippen LogP contribution in [0.5, 0.6) is 0 Å². The second-order valence-electron chi connectivity index (χ2n) is 6.43. The minimum Gasteiger partial charge on any atom is -0.392 e. The van der Waals surface area contributed by atoms with Crippen LogP contribution in [-0.2, 0) is 40.0 Å². The summed E-state index contributed by atoms with van der Waals surface area (Å²) in [6.07, 6.45) is 3.84. The van der Waals surface area contributed by atoms with Crippen LogP contribution in [-0.4, -0.2) is 32.0 Å². The maximum atomic E-state index is 10.9. The molecule has 2 aliphatic carbocycles. The molecule has 5 heteroatoms. The number of rotatable bonds is 2. The van der Waals surface area contributed by atoms with Crippen molar-refractivity contribution in [2.75, 3.05) is 6.26 Å². The van der Waals surface area contributed by atoms with E-state index in [4.69, 9.17) is 4.18 Å². The van der Waals surface area contributed by atoms with Crippen molar-refractivity contribution >= 4 is 10.1 Å². The van der Waals surface area contributed by atoms with Crippen LogP contribution in [0.2, 0.25) is 0 Å². The van der Waals surface area contributed by atoms with E-state index in [-0.39, 0.29) is 12.2 Å². The molecule has 0 atom stereocenters. The summed E-state index contributed by atoms with van der Waals surface area (Å²) in [4.78, 5) is 0. The number of aliphatic hydroxyl groups is 1. The molecule has 4 nitrogen and oxygen atoms in total. The van der Waals surface area contributed by atoms with E-state index in [0.717, 1.165) is 19.1 Å². The highest BCUT2D eigenvalue weighted by Crippen LogP contribution is 2.24. The van der Waals surface area contributed by atoms with Gasteiger partial charge in [0.15, 0.2) is 0 Å². The van der Waals surface area contributed by atoms with Crippen LogP contribution in [0.1, 0.15) is 22.3 Å². The van der Waals surface area contributed by atoms with Gasteiger partial charge >= 0.3 is 0 Å². The molecule has 0 amide bonds. The zero-order valence-corrected chi connectivity index (χ0v) is 14.5. The second kappa shape index (κ2) is 7.05. The standard InChI is InChI=1S/C10H12O3S.C9H10O/c1-14(11,12)13-10-6-8-4-2-3-5-9(8)7-10;10-9-5-7-3-1-2-4-8(7)6-9/h2-5,10H,6-7H2,1H3;1-4,9-10H,5-6H2. The summed E-state index contributed by atoms with van der Waals surface area (Å²) in [5.41, 5.74) is 5.02. The number of benzene rings is 2. The minimum atomic E-state index is -3.33. The maximum absolute atomic E-state index is 10.9. The highest BCUT2D eigenvalue weighted by molar-refractivity contribution is 7.86. The lowest BCUT2D eigenvalue weighted by Crippen LogP contribution is -2.17. The van der Waals surface area contributed by atoms with Gasteiger partial charge in [0.1, 0.15) is 0 Å². The fraction of sp³-hybridized carbons (Fsp3) is 0.368. The number of hydrogen-bond acceptors (Lipinski definition) is 4. The molecule has 0 radical (unpaired) electrons. The van der Waals surface area contributed by atoms with Crippen LogP contribution in [0.15, 0.2) is 48.5 Å². The first-order valence-electron chi connectivity index (χ1n) is 8.10. The zero-order chi connectivity index (χ0) is 17.2. The lowest BCUT2D eigenvalue weighted by atomic mass is 10.1. The van der Waals surface area contributed by atoms with E-state index < -0.39 is 10.1 Å². The lowest BCUT2D eigenvalue weighted by Gasteiger charge is -2.07. The summed E-state index contributed by atoms with van der Waals surface area (Å²) in [6.45, 7) is 0. The monoisotopic (exact) mass is 346 g/mol. The smallest absolute Gasteiger partial charge is 0.264 e. The highest BCUT2D eigenvalue weighted by atomic mass is 32.2. The van der Waals surface area contributed by atoms with Gasteiger partial charge in [0.2, 0.25) is 0 Å². The molecule has 2 aliphatic rings. The van der Waals surface area contributed by atoms with Crippen LogP contribution in [0.4, 0.5) is 0 Å². The van der Waals surface area contributed by atoms with Gasteiger partial charge < -0.3 is 5.11 Å². The summed E-state index contributed by atoms with van der Waals surface area (Å²) < 4.78 is 26.8. The fourth-order valence-electron chi connectivity index (χ4n) is 3.37. The molecule has 0 aromatic heterocycles. The molecule has 24 heavy (non-hydrogen) atoms. The van der Waals surface area contributed by atoms with Crippen molar-refractivity contribution in [3.05, 3.63) is 70.8 Å². The molecule has 0 saturated heterocycles. The van der Waals surface area contributed by atoms with E-state index in [0.29, 0.717) is 12.8 Å². The molecular weight excluding hydrogens is 324 g/mol. The predicted molar refractivity (Wildman–Crippen MR) is 93.4 cm³/mol. The third kappa shape index (κ3) is 4.44. The van der Waals surface area contributed by atoms with Crippen LogP contribution in [0, 0.1) is 0 Å². The maximum Gasteiger partial charge on any atom is 0.264 e. The average molecular weight is 346 g/mol. The lowest BCUT2D eigenvalue weighted by molar-refractivity contribution is 0.187. The molecule has 0 unspecified atom stereocenters. The van der Waals surface area contributed by atoms with Crippen LogP contribution in [0.3, 0.4) is 0 Å². The van der Waals surface area contributed by atoms with E-state index in [9.17, 15) is 13.5 Å². The molecule has 128 valence electrons. The van der Waals surface area contributed by atoms with Crippen LogP contribution < -0.4 is 0 Å². The minimum absolute atomic E-state index is 0.127. The molecular formula is C19H22O4S. The quantitative estimate of drug-likeness (QED) is 0.848. The SMILES string of the molecule is CS(=O)(=O)OC1Cc2ccccc2C1.OC1Cc2ccccc2C1. The summed E-state index contributed by atoms with van der Waals surface area (Å²) in [5, 5.41) is 9.25. The molecule has 0 spiro atoms. The largest absolute Gasteiger partial charge is 0.392 e. The molecule has 2 aromatic carbocycles. The number of hydrogen-bond donors (Lipinski definition) is 1. The molecule has 0 fully saturated rings. The first-order chi connectivity index (χ1) is 11.4. The van der Waals surface area contributed by atoms with Crippen molar-refractivity contribution in [2.45, 2.75) is 37.9 Å². The topological polar surface area (TPSA) is 63.6 Å². The normalized spacial score (nSPS) is 17.1. The van der Waals surface area contributed by atoms with Crippen molar-refractivity contribution in [1.82, 2.24) is 0 Å². The molecule has 0 heterocycles. The summed E-state index contributed by atoms with van der Waals surface area (Å²) in [5.74, 6) is 0. The molecule has 0 bridgehead atoms. The van der Waals surface area contributed by atoms with Gasteiger partial charge in [-0.15, -0.1) is 0 Å². The summed E-state index contributed by atoms with van der Waals surface area (Å²) in [6, 6.07) is 16.2. The number of aliphatic hydroxyl groups excluding tert-OH is 1. The molecule has 4 rings (SSSR count). The van der Waals surface area contributed by atoms with E-state index in [1.54, 1.807) is 0 Å². The van der Waals surface area contributed by atoms with Gasteiger partial charge in [-0.25, -0.2) is 0 Å². The summed E-state index contributed by atoms with van der Waals surface area (Å²) >= 11 is 0. The Hall–Kier alpha value is -1.69. The average Bonchev–Trinajstić information content (AvgIpc) is 3.06. The van der Waals surface area contributed by atoms with Gasteiger partial charge in [-0.1, -0.05) is 48.5 Å². The second-order valence-corrected chi connectivity index (χ2v) is 8.03. The van der Waals surface area contributed by atoms with Crippen molar-refractivity contribution in [1.29, 1.82) is 0 Å². The first-order valence-corrected chi connectivity index (χ1v) is 9.92. The Labute approximate surface area is 143 Å². The van der Waals surface area contributed by atoms with Crippen molar-refractivity contribution in [2.24, 2.45) is 0 Å². The van der Waals surface area contributed by atoms with Gasteiger partial charge in [0, 0.05) is 12.8 Å². The molecule has 2 aromatic rings. The van der Waals surface area contributed by atoms with Gasteiger partial charge in [0.05, 0.1) is 18.5 Å². The van der Waals surface area contributed by atoms with Crippen molar-refractivity contribution in [3.63, 3.8) is 0 Å². The Morgan fingerprint density at radius 1 is 0.833 bits per heavy atom. The van der Waals surface area contributed by atoms with E-state index in [1.807, 2.05) is 36.4 Å². The van der Waals surface area contributed by atoms with Gasteiger partial charge in [-0.2, -0.15) is 8.42 Å². The van der Waals surface area contributed by atoms with E-state index in [2.05, 4.69) is 12.1 Å². The van der Waals surface area contributed by atoms with Crippen molar-refractivity contribution < 1.29 is 17.7 Å². The molecule has 0 saturated carbocycles.